The van der Waals surface area contributed by atoms with Crippen molar-refractivity contribution in [1.29, 1.82) is 0 Å². The molecule has 1 N–H and O–H groups in total. The summed E-state index contributed by atoms with van der Waals surface area (Å²) in [4.78, 5) is 16.1. The van der Waals surface area contributed by atoms with Gasteiger partial charge >= 0.3 is 6.09 Å². The second-order valence-corrected chi connectivity index (χ2v) is 6.92. The Morgan fingerprint density at radius 2 is 1.91 bits per heavy atom. The predicted molar refractivity (Wildman–Crippen MR) is 89.2 cm³/mol. The first kappa shape index (κ1) is 17.5. The highest BCUT2D eigenvalue weighted by Gasteiger charge is 2.18. The molecule has 0 spiro atoms. The van der Waals surface area contributed by atoms with Gasteiger partial charge in [-0.25, -0.2) is 9.18 Å². The van der Waals surface area contributed by atoms with Gasteiger partial charge in [0.15, 0.2) is 0 Å². The van der Waals surface area contributed by atoms with Crippen LogP contribution in [0, 0.1) is 5.82 Å². The van der Waals surface area contributed by atoms with Crippen molar-refractivity contribution in [1.82, 2.24) is 10.2 Å². The number of amides is 1. The van der Waals surface area contributed by atoms with Crippen LogP contribution in [0.25, 0.3) is 0 Å². The van der Waals surface area contributed by atoms with E-state index in [1.165, 1.54) is 6.07 Å². The van der Waals surface area contributed by atoms with Crippen molar-refractivity contribution < 1.29 is 13.9 Å². The van der Waals surface area contributed by atoms with Gasteiger partial charge in [-0.2, -0.15) is 0 Å². The first-order chi connectivity index (χ1) is 10.7. The minimum absolute atomic E-state index is 0.115. The van der Waals surface area contributed by atoms with E-state index in [1.807, 2.05) is 6.07 Å². The molecule has 1 aromatic carbocycles. The molecule has 6 heteroatoms. The SMILES string of the molecule is CN1CCN(c2ccc(CNC(=O)OC(C)(C)C)c(F)c2)CC1. The van der Waals surface area contributed by atoms with E-state index in [2.05, 4.69) is 22.2 Å². The standard InChI is InChI=1S/C17H26FN3O2/c1-17(2,3)23-16(22)19-12-13-5-6-14(11-15(13)18)21-9-7-20(4)8-10-21/h5-6,11H,7-10,12H2,1-4H3,(H,19,22). The van der Waals surface area contributed by atoms with Crippen LogP contribution in [0.1, 0.15) is 26.3 Å². The average molecular weight is 323 g/mol. The van der Waals surface area contributed by atoms with E-state index in [-0.39, 0.29) is 12.4 Å². The number of carbonyl (C=O) groups excluding carboxylic acids is 1. The number of piperazine rings is 1. The Kier molecular flexibility index (Phi) is 5.46. The summed E-state index contributed by atoms with van der Waals surface area (Å²) < 4.78 is 19.4. The summed E-state index contributed by atoms with van der Waals surface area (Å²) in [5.74, 6) is -0.308. The van der Waals surface area contributed by atoms with Gasteiger partial charge in [0, 0.05) is 44.0 Å². The van der Waals surface area contributed by atoms with Crippen molar-refractivity contribution in [2.75, 3.05) is 38.1 Å². The normalized spacial score (nSPS) is 16.3. The fourth-order valence-electron chi connectivity index (χ4n) is 2.42. The zero-order valence-corrected chi connectivity index (χ0v) is 14.4. The van der Waals surface area contributed by atoms with E-state index in [0.717, 1.165) is 31.9 Å². The molecule has 0 atom stereocenters. The molecule has 23 heavy (non-hydrogen) atoms. The summed E-state index contributed by atoms with van der Waals surface area (Å²) in [5, 5.41) is 2.58. The summed E-state index contributed by atoms with van der Waals surface area (Å²) in [6.07, 6.45) is -0.542. The van der Waals surface area contributed by atoms with E-state index in [9.17, 15) is 9.18 Å². The van der Waals surface area contributed by atoms with Crippen LogP contribution in [0.15, 0.2) is 18.2 Å². The Hall–Kier alpha value is -1.82. The lowest BCUT2D eigenvalue weighted by atomic mass is 10.1. The van der Waals surface area contributed by atoms with Gasteiger partial charge in [0.25, 0.3) is 0 Å². The van der Waals surface area contributed by atoms with Crippen LogP contribution in [0.3, 0.4) is 0 Å². The Morgan fingerprint density at radius 1 is 1.26 bits per heavy atom. The third-order valence-electron chi connectivity index (χ3n) is 3.73. The highest BCUT2D eigenvalue weighted by Crippen LogP contribution is 2.20. The minimum Gasteiger partial charge on any atom is -0.444 e. The van der Waals surface area contributed by atoms with Crippen LogP contribution >= 0.6 is 0 Å². The predicted octanol–water partition coefficient (Wildman–Crippen LogP) is 2.60. The van der Waals surface area contributed by atoms with Crippen molar-refractivity contribution in [3.8, 4) is 0 Å². The molecular formula is C17H26FN3O2. The molecule has 1 aromatic rings. The maximum absolute atomic E-state index is 14.2. The number of anilines is 1. The summed E-state index contributed by atoms with van der Waals surface area (Å²) >= 11 is 0. The maximum atomic E-state index is 14.2. The number of nitrogens with one attached hydrogen (secondary N) is 1. The number of likely N-dealkylation sites (N-methyl/N-ethyl adjacent to an activating group) is 1. The third kappa shape index (κ3) is 5.39. The van der Waals surface area contributed by atoms with E-state index in [4.69, 9.17) is 4.74 Å². The van der Waals surface area contributed by atoms with Crippen molar-refractivity contribution in [3.05, 3.63) is 29.6 Å². The van der Waals surface area contributed by atoms with Gasteiger partial charge < -0.3 is 19.9 Å². The topological polar surface area (TPSA) is 44.8 Å². The van der Waals surface area contributed by atoms with Crippen molar-refractivity contribution in [2.24, 2.45) is 0 Å². The van der Waals surface area contributed by atoms with Crippen LogP contribution in [-0.4, -0.2) is 49.8 Å². The van der Waals surface area contributed by atoms with Gasteiger partial charge in [0.05, 0.1) is 0 Å². The first-order valence-electron chi connectivity index (χ1n) is 7.93. The quantitative estimate of drug-likeness (QED) is 0.929. The van der Waals surface area contributed by atoms with Gasteiger partial charge in [0.2, 0.25) is 0 Å². The third-order valence-corrected chi connectivity index (χ3v) is 3.73. The number of hydrogen-bond donors (Lipinski definition) is 1. The summed E-state index contributed by atoms with van der Waals surface area (Å²) in [5.41, 5.74) is 0.777. The monoisotopic (exact) mass is 323 g/mol. The lowest BCUT2D eigenvalue weighted by molar-refractivity contribution is 0.0523. The fourth-order valence-corrected chi connectivity index (χ4v) is 2.42. The van der Waals surface area contributed by atoms with Crippen LogP contribution < -0.4 is 10.2 Å². The number of rotatable bonds is 3. The number of halogens is 1. The highest BCUT2D eigenvalue weighted by atomic mass is 19.1. The molecule has 0 radical (unpaired) electrons. The molecule has 2 rings (SSSR count). The molecule has 0 aromatic heterocycles. The minimum atomic E-state index is -0.562. The number of alkyl carbamates (subject to hydrolysis) is 1. The van der Waals surface area contributed by atoms with Crippen LogP contribution in [0.5, 0.6) is 0 Å². The molecule has 1 aliphatic rings. The maximum Gasteiger partial charge on any atom is 0.407 e. The fraction of sp³-hybridized carbons (Fsp3) is 0.588. The highest BCUT2D eigenvalue weighted by molar-refractivity contribution is 5.67. The summed E-state index contributed by atoms with van der Waals surface area (Å²) in [7, 11) is 2.09. The number of hydrogen-bond acceptors (Lipinski definition) is 4. The second-order valence-electron chi connectivity index (χ2n) is 6.92. The van der Waals surface area contributed by atoms with Gasteiger partial charge in [0.1, 0.15) is 11.4 Å². The molecular weight excluding hydrogens is 297 g/mol. The van der Waals surface area contributed by atoms with Crippen LogP contribution in [-0.2, 0) is 11.3 Å². The molecule has 0 unspecified atom stereocenters. The van der Waals surface area contributed by atoms with Gasteiger partial charge in [-0.3, -0.25) is 0 Å². The average Bonchev–Trinajstić information content (AvgIpc) is 2.45. The molecule has 1 fully saturated rings. The molecule has 1 aliphatic heterocycles. The number of benzene rings is 1. The first-order valence-corrected chi connectivity index (χ1v) is 7.93. The van der Waals surface area contributed by atoms with Crippen LogP contribution in [0.4, 0.5) is 14.9 Å². The molecule has 1 amide bonds. The Labute approximate surface area is 137 Å². The Bertz CT molecular complexity index is 549. The summed E-state index contributed by atoms with van der Waals surface area (Å²) in [6, 6.07) is 5.16. The Morgan fingerprint density at radius 3 is 2.48 bits per heavy atom. The largest absolute Gasteiger partial charge is 0.444 e. The summed E-state index contributed by atoms with van der Waals surface area (Å²) in [6.45, 7) is 9.22. The molecule has 0 aliphatic carbocycles. The van der Waals surface area contributed by atoms with Crippen molar-refractivity contribution >= 4 is 11.8 Å². The lowest BCUT2D eigenvalue weighted by Gasteiger charge is -2.34. The van der Waals surface area contributed by atoms with E-state index in [1.54, 1.807) is 26.8 Å². The number of carbonyl (C=O) groups is 1. The second kappa shape index (κ2) is 7.17. The zero-order chi connectivity index (χ0) is 17.0. The van der Waals surface area contributed by atoms with E-state index < -0.39 is 11.7 Å². The van der Waals surface area contributed by atoms with Crippen LogP contribution in [0.2, 0.25) is 0 Å². The molecule has 5 nitrogen and oxygen atoms in total. The molecule has 1 heterocycles. The number of nitrogens with zero attached hydrogens (tertiary/aromatic N) is 2. The lowest BCUT2D eigenvalue weighted by Crippen LogP contribution is -2.44. The van der Waals surface area contributed by atoms with Gasteiger partial charge in [-0.15, -0.1) is 0 Å². The van der Waals surface area contributed by atoms with Gasteiger partial charge in [-0.1, -0.05) is 6.07 Å². The smallest absolute Gasteiger partial charge is 0.407 e. The molecule has 0 saturated carbocycles. The zero-order valence-electron chi connectivity index (χ0n) is 14.4. The molecule has 128 valence electrons. The Balaban J connectivity index is 1.93. The van der Waals surface area contributed by atoms with Gasteiger partial charge in [-0.05, 0) is 40.0 Å². The van der Waals surface area contributed by atoms with E-state index in [0.29, 0.717) is 5.56 Å². The van der Waals surface area contributed by atoms with Crippen molar-refractivity contribution in [3.63, 3.8) is 0 Å². The molecule has 0 bridgehead atoms. The van der Waals surface area contributed by atoms with E-state index >= 15 is 0 Å². The number of ether oxygens (including phenoxy) is 1. The van der Waals surface area contributed by atoms with Crippen molar-refractivity contribution in [2.45, 2.75) is 32.9 Å². The molecule has 1 saturated heterocycles.